The highest BCUT2D eigenvalue weighted by Gasteiger charge is 2.26. The van der Waals surface area contributed by atoms with Crippen molar-refractivity contribution in [2.75, 3.05) is 25.0 Å². The molecule has 5 nitrogen and oxygen atoms in total. The summed E-state index contributed by atoms with van der Waals surface area (Å²) < 4.78 is 6.56. The van der Waals surface area contributed by atoms with Crippen LogP contribution in [-0.4, -0.2) is 41.2 Å². The summed E-state index contributed by atoms with van der Waals surface area (Å²) >= 11 is 7.76. The number of piperidine rings is 1. The van der Waals surface area contributed by atoms with Gasteiger partial charge in [-0.1, -0.05) is 22.9 Å². The number of aromatic nitrogens is 1. The molecule has 2 aromatic rings. The Morgan fingerprint density at radius 1 is 1.38 bits per heavy atom. The lowest BCUT2D eigenvalue weighted by atomic mass is 9.97. The lowest BCUT2D eigenvalue weighted by Gasteiger charge is -2.33. The van der Waals surface area contributed by atoms with Gasteiger partial charge in [-0.15, -0.1) is 0 Å². The third kappa shape index (κ3) is 4.80. The highest BCUT2D eigenvalue weighted by Crippen LogP contribution is 2.31. The number of halogens is 1. The van der Waals surface area contributed by atoms with E-state index in [1.165, 1.54) is 0 Å². The highest BCUT2D eigenvalue weighted by atomic mass is 35.5. The number of hydrogen-bond donors (Lipinski definition) is 1. The number of carbonyl (C=O) groups excluding carboxylic acids is 1. The predicted octanol–water partition coefficient (Wildman–Crippen LogP) is 5.32. The summed E-state index contributed by atoms with van der Waals surface area (Å²) in [6, 6.07) is 3.91. The number of rotatable bonds is 3. The topological polar surface area (TPSA) is 54.5 Å². The molecule has 1 aromatic heterocycles. The molecule has 0 unspecified atom stereocenters. The minimum absolute atomic E-state index is 0.206. The van der Waals surface area contributed by atoms with E-state index in [4.69, 9.17) is 16.3 Å². The van der Waals surface area contributed by atoms with E-state index in [2.05, 4.69) is 10.3 Å². The Morgan fingerprint density at radius 3 is 2.73 bits per heavy atom. The number of anilines is 1. The van der Waals surface area contributed by atoms with Gasteiger partial charge in [0.15, 0.2) is 5.13 Å². The first-order valence-electron chi connectivity index (χ1n) is 9.00. The highest BCUT2D eigenvalue weighted by molar-refractivity contribution is 7.22. The maximum absolute atomic E-state index is 12.1. The summed E-state index contributed by atoms with van der Waals surface area (Å²) in [4.78, 5) is 18.6. The van der Waals surface area contributed by atoms with E-state index in [1.807, 2.05) is 44.7 Å². The minimum atomic E-state index is -0.441. The first-order chi connectivity index (χ1) is 12.2. The molecule has 1 N–H and O–H groups in total. The average molecular weight is 396 g/mol. The van der Waals surface area contributed by atoms with E-state index in [1.54, 1.807) is 11.3 Å². The van der Waals surface area contributed by atoms with Crippen LogP contribution in [-0.2, 0) is 4.74 Å². The standard InChI is InChI=1S/C19H26ClN3O2S/c1-12-9-14(20)10-15-16(12)22-17(26-15)21-11-13-5-7-23(8-6-13)18(24)25-19(2,3)4/h9-10,13H,5-8,11H2,1-4H3,(H,21,22). The second-order valence-electron chi connectivity index (χ2n) is 7.88. The smallest absolute Gasteiger partial charge is 0.410 e. The van der Waals surface area contributed by atoms with Crippen LogP contribution in [0.5, 0.6) is 0 Å². The van der Waals surface area contributed by atoms with Crippen molar-refractivity contribution in [1.82, 2.24) is 9.88 Å². The van der Waals surface area contributed by atoms with Gasteiger partial charge < -0.3 is 15.0 Å². The van der Waals surface area contributed by atoms with Crippen molar-refractivity contribution in [3.63, 3.8) is 0 Å². The molecule has 2 heterocycles. The fraction of sp³-hybridized carbons (Fsp3) is 0.579. The van der Waals surface area contributed by atoms with Crippen molar-refractivity contribution in [2.45, 2.75) is 46.1 Å². The molecule has 7 heteroatoms. The molecule has 0 bridgehead atoms. The molecule has 3 rings (SSSR count). The first-order valence-corrected chi connectivity index (χ1v) is 10.2. The number of nitrogens with zero attached hydrogens (tertiary/aromatic N) is 2. The Labute approximate surface area is 163 Å². The van der Waals surface area contributed by atoms with Crippen LogP contribution in [0.25, 0.3) is 10.2 Å². The summed E-state index contributed by atoms with van der Waals surface area (Å²) in [6.45, 7) is 10.1. The average Bonchev–Trinajstić information content (AvgIpc) is 2.95. The number of fused-ring (bicyclic) bond motifs is 1. The quantitative estimate of drug-likeness (QED) is 0.764. The molecular formula is C19H26ClN3O2S. The Bertz CT molecular complexity index is 792. The molecule has 0 spiro atoms. The van der Waals surface area contributed by atoms with Crippen LogP contribution in [0.2, 0.25) is 5.02 Å². The molecule has 142 valence electrons. The Hall–Kier alpha value is -1.53. The SMILES string of the molecule is Cc1cc(Cl)cc2sc(NCC3CCN(C(=O)OC(C)(C)C)CC3)nc12. The van der Waals surface area contributed by atoms with Crippen molar-refractivity contribution in [1.29, 1.82) is 0 Å². The van der Waals surface area contributed by atoms with Gasteiger partial charge in [0.2, 0.25) is 0 Å². The molecule has 1 aromatic carbocycles. The van der Waals surface area contributed by atoms with Crippen LogP contribution in [0.1, 0.15) is 39.2 Å². The number of carbonyl (C=O) groups is 1. The summed E-state index contributed by atoms with van der Waals surface area (Å²) in [5.74, 6) is 0.533. The zero-order chi connectivity index (χ0) is 18.9. The summed E-state index contributed by atoms with van der Waals surface area (Å²) in [5, 5.41) is 5.14. The van der Waals surface area contributed by atoms with Gasteiger partial charge in [-0.05, 0) is 64.2 Å². The Balaban J connectivity index is 1.51. The van der Waals surface area contributed by atoms with Crippen molar-refractivity contribution < 1.29 is 9.53 Å². The number of benzene rings is 1. The van der Waals surface area contributed by atoms with E-state index in [0.29, 0.717) is 5.92 Å². The lowest BCUT2D eigenvalue weighted by molar-refractivity contribution is 0.0188. The summed E-state index contributed by atoms with van der Waals surface area (Å²) in [5.41, 5.74) is 1.67. The first kappa shape index (κ1) is 19.2. The fourth-order valence-electron chi connectivity index (χ4n) is 3.11. The van der Waals surface area contributed by atoms with Crippen molar-refractivity contribution >= 4 is 44.4 Å². The number of aryl methyl sites for hydroxylation is 1. The van der Waals surface area contributed by atoms with Crippen LogP contribution in [0.4, 0.5) is 9.93 Å². The molecule has 1 amide bonds. The van der Waals surface area contributed by atoms with Gasteiger partial charge in [-0.25, -0.2) is 9.78 Å². The van der Waals surface area contributed by atoms with E-state index < -0.39 is 5.60 Å². The third-order valence-corrected chi connectivity index (χ3v) is 5.64. The molecule has 0 saturated carbocycles. The Kier molecular flexibility index (Phi) is 5.63. The van der Waals surface area contributed by atoms with Crippen LogP contribution in [0, 0.1) is 12.8 Å². The van der Waals surface area contributed by atoms with E-state index >= 15 is 0 Å². The molecule has 1 aliphatic rings. The fourth-order valence-corrected chi connectivity index (χ4v) is 4.44. The summed E-state index contributed by atoms with van der Waals surface area (Å²) in [6.07, 6.45) is 1.74. The molecule has 0 aliphatic carbocycles. The van der Waals surface area contributed by atoms with Crippen molar-refractivity contribution in [3.05, 3.63) is 22.7 Å². The number of nitrogens with one attached hydrogen (secondary N) is 1. The van der Waals surface area contributed by atoms with Crippen molar-refractivity contribution in [3.8, 4) is 0 Å². The van der Waals surface area contributed by atoms with E-state index in [-0.39, 0.29) is 6.09 Å². The van der Waals surface area contributed by atoms with Gasteiger partial charge in [0.1, 0.15) is 5.60 Å². The predicted molar refractivity (Wildman–Crippen MR) is 108 cm³/mol. The maximum Gasteiger partial charge on any atom is 0.410 e. The van der Waals surface area contributed by atoms with E-state index in [0.717, 1.165) is 58.4 Å². The zero-order valence-corrected chi connectivity index (χ0v) is 17.3. The molecule has 0 radical (unpaired) electrons. The van der Waals surface area contributed by atoms with Gasteiger partial charge in [0.05, 0.1) is 10.2 Å². The second kappa shape index (κ2) is 7.61. The molecule has 1 aliphatic heterocycles. The normalized spacial score (nSPS) is 16.1. The zero-order valence-electron chi connectivity index (χ0n) is 15.8. The third-order valence-electron chi connectivity index (χ3n) is 4.46. The minimum Gasteiger partial charge on any atom is -0.444 e. The molecule has 0 atom stereocenters. The molecule has 1 fully saturated rings. The van der Waals surface area contributed by atoms with Crippen LogP contribution in [0.15, 0.2) is 12.1 Å². The lowest BCUT2D eigenvalue weighted by Crippen LogP contribution is -2.42. The number of hydrogen-bond acceptors (Lipinski definition) is 5. The molecule has 1 saturated heterocycles. The van der Waals surface area contributed by atoms with Crippen LogP contribution >= 0.6 is 22.9 Å². The van der Waals surface area contributed by atoms with Gasteiger partial charge in [-0.2, -0.15) is 0 Å². The van der Waals surface area contributed by atoms with Gasteiger partial charge in [0.25, 0.3) is 0 Å². The van der Waals surface area contributed by atoms with Gasteiger partial charge >= 0.3 is 6.09 Å². The number of likely N-dealkylation sites (tertiary alicyclic amines) is 1. The number of thiazole rings is 1. The number of ether oxygens (including phenoxy) is 1. The largest absolute Gasteiger partial charge is 0.444 e. The second-order valence-corrected chi connectivity index (χ2v) is 9.35. The monoisotopic (exact) mass is 395 g/mol. The van der Waals surface area contributed by atoms with Gasteiger partial charge in [-0.3, -0.25) is 0 Å². The van der Waals surface area contributed by atoms with Gasteiger partial charge in [0, 0.05) is 24.7 Å². The molecular weight excluding hydrogens is 370 g/mol. The molecule has 26 heavy (non-hydrogen) atoms. The maximum atomic E-state index is 12.1. The number of amides is 1. The van der Waals surface area contributed by atoms with Crippen LogP contribution < -0.4 is 5.32 Å². The summed E-state index contributed by atoms with van der Waals surface area (Å²) in [7, 11) is 0. The van der Waals surface area contributed by atoms with E-state index in [9.17, 15) is 4.79 Å². The van der Waals surface area contributed by atoms with Crippen LogP contribution in [0.3, 0.4) is 0 Å². The Morgan fingerprint density at radius 2 is 2.08 bits per heavy atom. The van der Waals surface area contributed by atoms with Crippen molar-refractivity contribution in [2.24, 2.45) is 5.92 Å².